The smallest absolute Gasteiger partial charge is 0.161 e. The molecule has 2 aromatic rings. The molecule has 0 aliphatic heterocycles. The van der Waals surface area contributed by atoms with Gasteiger partial charge in [-0.25, -0.2) is 4.98 Å². The number of benzene rings is 1. The molecule has 0 radical (unpaired) electrons. The average Bonchev–Trinajstić information content (AvgIpc) is 2.83. The fourth-order valence-electron chi connectivity index (χ4n) is 2.00. The van der Waals surface area contributed by atoms with E-state index < -0.39 is 6.10 Å². The first-order valence-corrected chi connectivity index (χ1v) is 6.91. The van der Waals surface area contributed by atoms with Gasteiger partial charge in [0.25, 0.3) is 0 Å². The Kier molecular flexibility index (Phi) is 4.67. The number of nitrogens with zero attached hydrogens (tertiary/aromatic N) is 2. The van der Waals surface area contributed by atoms with Crippen molar-refractivity contribution in [2.24, 2.45) is 7.05 Å². The van der Waals surface area contributed by atoms with E-state index in [9.17, 15) is 5.11 Å². The van der Waals surface area contributed by atoms with Crippen molar-refractivity contribution in [3.05, 3.63) is 40.4 Å². The number of aliphatic hydroxyl groups excluding tert-OH is 1. The number of rotatable bonds is 5. The van der Waals surface area contributed by atoms with Gasteiger partial charge in [-0.3, -0.25) is 0 Å². The first kappa shape index (κ1) is 14.9. The summed E-state index contributed by atoms with van der Waals surface area (Å²) in [5.41, 5.74) is 0.741. The summed E-state index contributed by atoms with van der Waals surface area (Å²) in [5.74, 6) is 2.02. The molecule has 1 unspecified atom stereocenters. The van der Waals surface area contributed by atoms with Gasteiger partial charge in [-0.15, -0.1) is 0 Å². The summed E-state index contributed by atoms with van der Waals surface area (Å²) < 4.78 is 13.1. The summed E-state index contributed by atoms with van der Waals surface area (Å²) in [6, 6.07) is 3.56. The van der Waals surface area contributed by atoms with Crippen LogP contribution < -0.4 is 9.47 Å². The van der Waals surface area contributed by atoms with E-state index in [0.29, 0.717) is 17.9 Å². The topological polar surface area (TPSA) is 56.5 Å². The molecule has 0 saturated heterocycles. The van der Waals surface area contributed by atoms with E-state index in [1.165, 1.54) is 0 Å². The maximum absolute atomic E-state index is 10.4. The molecule has 0 saturated carbocycles. The van der Waals surface area contributed by atoms with Gasteiger partial charge in [0.1, 0.15) is 5.82 Å². The quantitative estimate of drug-likeness (QED) is 0.908. The van der Waals surface area contributed by atoms with E-state index in [1.54, 1.807) is 32.5 Å². The Morgan fingerprint density at radius 2 is 1.95 bits per heavy atom. The highest BCUT2D eigenvalue weighted by molar-refractivity contribution is 9.10. The van der Waals surface area contributed by atoms with E-state index in [1.807, 2.05) is 17.8 Å². The van der Waals surface area contributed by atoms with Crippen molar-refractivity contribution in [1.82, 2.24) is 9.55 Å². The third-order valence-corrected chi connectivity index (χ3v) is 3.85. The molecule has 0 aliphatic rings. The number of methoxy groups -OCH3 is 2. The standard InChI is InChI=1S/C14H17BrN2O3/c1-17-5-4-16-14(17)8-11(18)9-6-12(19-2)13(20-3)7-10(9)15/h4-7,11,18H,8H2,1-3H3. The number of hydrogen-bond donors (Lipinski definition) is 1. The lowest BCUT2D eigenvalue weighted by Gasteiger charge is -2.16. The number of halogens is 1. The van der Waals surface area contributed by atoms with Crippen LogP contribution in [0.25, 0.3) is 0 Å². The van der Waals surface area contributed by atoms with Gasteiger partial charge in [0, 0.05) is 30.3 Å². The summed E-state index contributed by atoms with van der Waals surface area (Å²) in [6.07, 6.45) is 3.32. The molecule has 20 heavy (non-hydrogen) atoms. The minimum Gasteiger partial charge on any atom is -0.493 e. The molecule has 1 atom stereocenters. The molecule has 0 aliphatic carbocycles. The number of imidazole rings is 1. The third kappa shape index (κ3) is 2.96. The van der Waals surface area contributed by atoms with Crippen LogP contribution in [0.4, 0.5) is 0 Å². The van der Waals surface area contributed by atoms with Crippen molar-refractivity contribution in [3.63, 3.8) is 0 Å². The van der Waals surface area contributed by atoms with Crippen molar-refractivity contribution in [2.45, 2.75) is 12.5 Å². The van der Waals surface area contributed by atoms with Crippen LogP contribution >= 0.6 is 15.9 Å². The summed E-state index contributed by atoms with van der Waals surface area (Å²) in [4.78, 5) is 4.22. The molecule has 108 valence electrons. The molecule has 0 amide bonds. The average molecular weight is 341 g/mol. The van der Waals surface area contributed by atoms with Crippen LogP contribution in [0, 0.1) is 0 Å². The van der Waals surface area contributed by atoms with Crippen molar-refractivity contribution < 1.29 is 14.6 Å². The molecule has 1 aromatic carbocycles. The predicted octanol–water partition coefficient (Wildman–Crippen LogP) is 2.48. The highest BCUT2D eigenvalue weighted by atomic mass is 79.9. The number of hydrogen-bond acceptors (Lipinski definition) is 4. The Bertz CT molecular complexity index is 598. The van der Waals surface area contributed by atoms with Crippen LogP contribution in [-0.2, 0) is 13.5 Å². The minimum absolute atomic E-state index is 0.428. The molecule has 5 nitrogen and oxygen atoms in total. The zero-order valence-corrected chi connectivity index (χ0v) is 13.2. The molecule has 1 aromatic heterocycles. The molecular weight excluding hydrogens is 324 g/mol. The van der Waals surface area contributed by atoms with Gasteiger partial charge in [-0.1, -0.05) is 15.9 Å². The first-order chi connectivity index (χ1) is 9.56. The van der Waals surface area contributed by atoms with Crippen molar-refractivity contribution in [2.75, 3.05) is 14.2 Å². The van der Waals surface area contributed by atoms with Gasteiger partial charge in [0.05, 0.1) is 20.3 Å². The number of aliphatic hydroxyl groups is 1. The highest BCUT2D eigenvalue weighted by Crippen LogP contribution is 2.36. The fourth-order valence-corrected chi connectivity index (χ4v) is 2.59. The number of ether oxygens (including phenoxy) is 2. The largest absolute Gasteiger partial charge is 0.493 e. The number of aryl methyl sites for hydroxylation is 1. The van der Waals surface area contributed by atoms with Gasteiger partial charge in [0.2, 0.25) is 0 Å². The summed E-state index contributed by atoms with van der Waals surface area (Å²) in [5, 5.41) is 10.4. The summed E-state index contributed by atoms with van der Waals surface area (Å²) in [6.45, 7) is 0. The second kappa shape index (κ2) is 6.28. The van der Waals surface area contributed by atoms with E-state index >= 15 is 0 Å². The van der Waals surface area contributed by atoms with Gasteiger partial charge in [-0.2, -0.15) is 0 Å². The lowest BCUT2D eigenvalue weighted by molar-refractivity contribution is 0.173. The predicted molar refractivity (Wildman–Crippen MR) is 79.1 cm³/mol. The zero-order valence-electron chi connectivity index (χ0n) is 11.6. The normalized spacial score (nSPS) is 12.2. The van der Waals surface area contributed by atoms with E-state index in [4.69, 9.17) is 9.47 Å². The Labute approximate surface area is 126 Å². The SMILES string of the molecule is COc1cc(Br)c(C(O)Cc2nccn2C)cc1OC. The fraction of sp³-hybridized carbons (Fsp3) is 0.357. The maximum Gasteiger partial charge on any atom is 0.161 e. The molecule has 6 heteroatoms. The monoisotopic (exact) mass is 340 g/mol. The summed E-state index contributed by atoms with van der Waals surface area (Å²) >= 11 is 3.45. The Morgan fingerprint density at radius 3 is 2.50 bits per heavy atom. The summed E-state index contributed by atoms with van der Waals surface area (Å²) in [7, 11) is 5.05. The molecule has 2 rings (SSSR count). The van der Waals surface area contributed by atoms with E-state index in [-0.39, 0.29) is 0 Å². The van der Waals surface area contributed by atoms with Gasteiger partial charge in [-0.05, 0) is 17.7 Å². The molecule has 1 heterocycles. The van der Waals surface area contributed by atoms with E-state index in [0.717, 1.165) is 15.9 Å². The van der Waals surface area contributed by atoms with Crippen molar-refractivity contribution >= 4 is 15.9 Å². The number of aromatic nitrogens is 2. The lowest BCUT2D eigenvalue weighted by Crippen LogP contribution is -2.08. The van der Waals surface area contributed by atoms with Crippen LogP contribution in [0.1, 0.15) is 17.5 Å². The van der Waals surface area contributed by atoms with Crippen LogP contribution in [0.5, 0.6) is 11.5 Å². The second-order valence-electron chi connectivity index (χ2n) is 4.40. The van der Waals surface area contributed by atoms with Crippen LogP contribution in [0.15, 0.2) is 29.0 Å². The van der Waals surface area contributed by atoms with E-state index in [2.05, 4.69) is 20.9 Å². The molecular formula is C14H17BrN2O3. The van der Waals surface area contributed by atoms with Gasteiger partial charge >= 0.3 is 0 Å². The Hall–Kier alpha value is -1.53. The second-order valence-corrected chi connectivity index (χ2v) is 5.26. The third-order valence-electron chi connectivity index (χ3n) is 3.16. The molecule has 0 bridgehead atoms. The molecule has 0 spiro atoms. The van der Waals surface area contributed by atoms with Crippen LogP contribution in [0.3, 0.4) is 0 Å². The van der Waals surface area contributed by atoms with Gasteiger partial charge < -0.3 is 19.1 Å². The molecule has 0 fully saturated rings. The molecule has 1 N–H and O–H groups in total. The lowest BCUT2D eigenvalue weighted by atomic mass is 10.1. The Balaban J connectivity index is 2.30. The zero-order chi connectivity index (χ0) is 14.7. The van der Waals surface area contributed by atoms with Crippen molar-refractivity contribution in [1.29, 1.82) is 0 Å². The Morgan fingerprint density at radius 1 is 1.30 bits per heavy atom. The maximum atomic E-state index is 10.4. The van der Waals surface area contributed by atoms with Crippen LogP contribution in [0.2, 0.25) is 0 Å². The van der Waals surface area contributed by atoms with Gasteiger partial charge in [0.15, 0.2) is 11.5 Å². The first-order valence-electron chi connectivity index (χ1n) is 6.12. The van der Waals surface area contributed by atoms with Crippen LogP contribution in [-0.4, -0.2) is 28.9 Å². The minimum atomic E-state index is -0.676. The highest BCUT2D eigenvalue weighted by Gasteiger charge is 2.18. The van der Waals surface area contributed by atoms with Crippen molar-refractivity contribution in [3.8, 4) is 11.5 Å².